The number of rotatable bonds is 0. The van der Waals surface area contributed by atoms with E-state index in [9.17, 15) is 9.90 Å². The van der Waals surface area contributed by atoms with Crippen LogP contribution in [0.5, 0.6) is 0 Å². The molecule has 0 spiro atoms. The lowest BCUT2D eigenvalue weighted by Crippen LogP contribution is -2.69. The molecule has 0 aromatic carbocycles. The van der Waals surface area contributed by atoms with Gasteiger partial charge in [-0.05, 0) is 108 Å². The summed E-state index contributed by atoms with van der Waals surface area (Å²) in [6.45, 7) is 19.7. The summed E-state index contributed by atoms with van der Waals surface area (Å²) in [4.78, 5) is 14.3. The van der Waals surface area contributed by atoms with Crippen LogP contribution in [0.25, 0.3) is 0 Å². The van der Waals surface area contributed by atoms with Gasteiger partial charge in [-0.3, -0.25) is 4.79 Å². The summed E-state index contributed by atoms with van der Waals surface area (Å²) in [5.74, 6) is 3.80. The third-order valence-electron chi connectivity index (χ3n) is 13.8. The van der Waals surface area contributed by atoms with E-state index < -0.39 is 0 Å². The van der Waals surface area contributed by atoms with Crippen LogP contribution < -0.4 is 0 Å². The van der Waals surface area contributed by atoms with Crippen molar-refractivity contribution in [3.8, 4) is 0 Å². The molecule has 0 aromatic rings. The topological polar surface area (TPSA) is 37.3 Å². The molecule has 2 nitrogen and oxygen atoms in total. The molecule has 0 amide bonds. The Balaban J connectivity index is 1.59. The monoisotopic (exact) mass is 442 g/mol. The maximum Gasteiger partial charge on any atom is 0.137 e. The molecule has 32 heavy (non-hydrogen) atoms. The molecule has 0 heterocycles. The van der Waals surface area contributed by atoms with Gasteiger partial charge in [-0.15, -0.1) is 0 Å². The smallest absolute Gasteiger partial charge is 0.137 e. The molecule has 1 N–H and O–H groups in total. The molecule has 5 saturated carbocycles. The lowest BCUT2D eigenvalue weighted by Gasteiger charge is -2.73. The van der Waals surface area contributed by atoms with Crippen molar-refractivity contribution in [3.63, 3.8) is 0 Å². The van der Waals surface area contributed by atoms with Crippen LogP contribution in [0.3, 0.4) is 0 Å². The van der Waals surface area contributed by atoms with Crippen molar-refractivity contribution in [3.05, 3.63) is 0 Å². The van der Waals surface area contributed by atoms with Gasteiger partial charge < -0.3 is 5.11 Å². The van der Waals surface area contributed by atoms with Crippen molar-refractivity contribution >= 4 is 5.78 Å². The minimum absolute atomic E-state index is 0.0480. The van der Waals surface area contributed by atoms with Crippen LogP contribution in [0, 0.1) is 62.6 Å². The molecule has 0 saturated heterocycles. The second-order valence-corrected chi connectivity index (χ2v) is 15.1. The number of carbonyl (C=O) groups is 1. The van der Waals surface area contributed by atoms with Crippen molar-refractivity contribution in [2.45, 2.75) is 119 Å². The van der Waals surface area contributed by atoms with Crippen LogP contribution in [0.4, 0.5) is 0 Å². The van der Waals surface area contributed by atoms with Crippen molar-refractivity contribution in [1.82, 2.24) is 0 Å². The number of aliphatic hydroxyl groups is 1. The largest absolute Gasteiger partial charge is 0.393 e. The van der Waals surface area contributed by atoms with Gasteiger partial charge in [0.15, 0.2) is 0 Å². The number of Topliss-reactive ketones (excluding diaryl/α,β-unsaturated/α-hetero) is 1. The molecule has 0 aliphatic heterocycles. The average Bonchev–Trinajstić information content (AvgIpc) is 2.71. The quantitative estimate of drug-likeness (QED) is 0.428. The molecule has 5 aliphatic carbocycles. The highest BCUT2D eigenvalue weighted by Crippen LogP contribution is 2.76. The van der Waals surface area contributed by atoms with E-state index in [2.05, 4.69) is 55.4 Å². The van der Waals surface area contributed by atoms with Gasteiger partial charge in [0.1, 0.15) is 5.78 Å². The second-order valence-electron chi connectivity index (χ2n) is 15.1. The van der Waals surface area contributed by atoms with E-state index in [4.69, 9.17) is 0 Å². The Morgan fingerprint density at radius 2 is 1.47 bits per heavy atom. The number of aliphatic hydroxyl groups excluding tert-OH is 1. The van der Waals surface area contributed by atoms with Gasteiger partial charge in [0.2, 0.25) is 0 Å². The summed E-state index contributed by atoms with van der Waals surface area (Å²) in [6, 6.07) is 0. The van der Waals surface area contributed by atoms with E-state index in [0.29, 0.717) is 34.9 Å². The summed E-state index contributed by atoms with van der Waals surface area (Å²) in [5.41, 5.74) is 0.833. The normalized spacial score (nSPS) is 59.4. The van der Waals surface area contributed by atoms with E-state index in [1.807, 2.05) is 0 Å². The van der Waals surface area contributed by atoms with Crippen LogP contribution in [0.15, 0.2) is 0 Å². The van der Waals surface area contributed by atoms with Crippen molar-refractivity contribution in [2.24, 2.45) is 62.6 Å². The Labute approximate surface area is 197 Å². The molecule has 0 aromatic heterocycles. The standard InChI is InChI=1S/C30H50O2/c1-18-9-12-27(5)15-16-30(8)25(24(27)19(18)2)20(31)17-22-28(6)13-11-23(32)26(3,4)21(28)10-14-29(22,30)7/h18-19,21-25,32H,9-17H2,1-8H3/t18-,19+,21-,22+,23+,24-,25-,27-,28-,29+,30+/m1/s1. The van der Waals surface area contributed by atoms with Gasteiger partial charge in [-0.1, -0.05) is 55.4 Å². The van der Waals surface area contributed by atoms with Crippen LogP contribution >= 0.6 is 0 Å². The molecule has 5 fully saturated rings. The third-order valence-corrected chi connectivity index (χ3v) is 13.8. The summed E-state index contributed by atoms with van der Waals surface area (Å²) in [7, 11) is 0. The van der Waals surface area contributed by atoms with Gasteiger partial charge >= 0.3 is 0 Å². The predicted molar refractivity (Wildman–Crippen MR) is 131 cm³/mol. The first-order valence-electron chi connectivity index (χ1n) is 13.9. The van der Waals surface area contributed by atoms with E-state index in [1.54, 1.807) is 0 Å². The zero-order chi connectivity index (χ0) is 23.5. The summed E-state index contributed by atoms with van der Waals surface area (Å²) >= 11 is 0. The first-order chi connectivity index (χ1) is 14.7. The molecule has 5 aliphatic rings. The van der Waals surface area contributed by atoms with Crippen molar-refractivity contribution in [2.75, 3.05) is 0 Å². The lowest BCUT2D eigenvalue weighted by atomic mass is 9.31. The Bertz CT molecular complexity index is 801. The van der Waals surface area contributed by atoms with Crippen molar-refractivity contribution < 1.29 is 9.90 Å². The Morgan fingerprint density at radius 3 is 2.16 bits per heavy atom. The van der Waals surface area contributed by atoms with Crippen LogP contribution in [0.2, 0.25) is 0 Å². The number of carbonyl (C=O) groups excluding carboxylic acids is 1. The van der Waals surface area contributed by atoms with Crippen molar-refractivity contribution in [1.29, 1.82) is 0 Å². The highest BCUT2D eigenvalue weighted by atomic mass is 16.3. The van der Waals surface area contributed by atoms with E-state index in [0.717, 1.165) is 25.2 Å². The van der Waals surface area contributed by atoms with Gasteiger partial charge in [0.05, 0.1) is 6.10 Å². The first-order valence-corrected chi connectivity index (χ1v) is 13.9. The second kappa shape index (κ2) is 6.86. The van der Waals surface area contributed by atoms with E-state index in [1.165, 1.54) is 38.5 Å². The molecule has 11 atom stereocenters. The highest BCUT2D eigenvalue weighted by molar-refractivity contribution is 5.84. The fourth-order valence-corrected chi connectivity index (χ4v) is 11.3. The SMILES string of the molecule is C[C@@H]1[C@@H]2[C@H]3C(=O)C[C@H]4[C@]5(C)CC[C@H](O)C(C)(C)[C@H]5CC[C@]4(C)[C@@]3(C)CC[C@@]2(C)CC[C@H]1C. The van der Waals surface area contributed by atoms with Gasteiger partial charge in [-0.2, -0.15) is 0 Å². The predicted octanol–water partition coefficient (Wildman–Crippen LogP) is 7.28. The fraction of sp³-hybridized carbons (Fsp3) is 0.967. The third kappa shape index (κ3) is 2.66. The zero-order valence-electron chi connectivity index (χ0n) is 22.3. The molecule has 2 heteroatoms. The van der Waals surface area contributed by atoms with Crippen LogP contribution in [-0.2, 0) is 4.79 Å². The summed E-state index contributed by atoms with van der Waals surface area (Å²) in [6.07, 6.45) is 10.2. The Hall–Kier alpha value is -0.370. The molecule has 182 valence electrons. The van der Waals surface area contributed by atoms with Gasteiger partial charge in [0.25, 0.3) is 0 Å². The van der Waals surface area contributed by atoms with Crippen LogP contribution in [0.1, 0.15) is 113 Å². The highest BCUT2D eigenvalue weighted by Gasteiger charge is 2.71. The molecular weight excluding hydrogens is 392 g/mol. The maximum absolute atomic E-state index is 14.3. The average molecular weight is 443 g/mol. The number of fused-ring (bicyclic) bond motifs is 7. The first kappa shape index (κ1) is 23.4. The van der Waals surface area contributed by atoms with Gasteiger partial charge in [-0.25, -0.2) is 0 Å². The number of hydrogen-bond acceptors (Lipinski definition) is 2. The maximum atomic E-state index is 14.3. The molecule has 0 unspecified atom stereocenters. The molecular formula is C30H50O2. The molecule has 0 radical (unpaired) electrons. The van der Waals surface area contributed by atoms with Gasteiger partial charge in [0, 0.05) is 12.3 Å². The van der Waals surface area contributed by atoms with E-state index in [-0.39, 0.29) is 33.7 Å². The number of hydrogen-bond donors (Lipinski definition) is 1. The summed E-state index contributed by atoms with van der Waals surface area (Å²) in [5, 5.41) is 10.9. The summed E-state index contributed by atoms with van der Waals surface area (Å²) < 4.78 is 0. The minimum Gasteiger partial charge on any atom is -0.393 e. The minimum atomic E-state index is -0.201. The molecule has 5 rings (SSSR count). The number of ketones is 1. The Morgan fingerprint density at radius 1 is 0.781 bits per heavy atom. The van der Waals surface area contributed by atoms with E-state index >= 15 is 0 Å². The fourth-order valence-electron chi connectivity index (χ4n) is 11.3. The van der Waals surface area contributed by atoms with Crippen LogP contribution in [-0.4, -0.2) is 17.0 Å². The Kier molecular flexibility index (Phi) is 5.01. The molecule has 0 bridgehead atoms. The lowest BCUT2D eigenvalue weighted by molar-refractivity contribution is -0.246. The zero-order valence-corrected chi connectivity index (χ0v) is 22.3.